The summed E-state index contributed by atoms with van der Waals surface area (Å²) in [6.07, 6.45) is 0. The van der Waals surface area contributed by atoms with Crippen molar-refractivity contribution in [3.05, 3.63) is 28.7 Å². The van der Waals surface area contributed by atoms with Gasteiger partial charge in [-0.3, -0.25) is 9.59 Å². The number of hydrogen-bond acceptors (Lipinski definition) is 5. The maximum atomic E-state index is 11.9. The molecule has 21 heavy (non-hydrogen) atoms. The Kier molecular flexibility index (Phi) is 6.31. The Balaban J connectivity index is 2.54. The number of rotatable bonds is 6. The number of nitrogens with zero attached hydrogens (tertiary/aromatic N) is 1. The average molecular weight is 379 g/mol. The van der Waals surface area contributed by atoms with Crippen molar-refractivity contribution in [1.29, 1.82) is 0 Å². The first kappa shape index (κ1) is 17.6. The van der Waals surface area contributed by atoms with Crippen molar-refractivity contribution < 1.29 is 22.7 Å². The van der Waals surface area contributed by atoms with Crippen LogP contribution in [0.2, 0.25) is 0 Å². The van der Waals surface area contributed by atoms with Gasteiger partial charge in [0.15, 0.2) is 6.61 Å². The summed E-state index contributed by atoms with van der Waals surface area (Å²) in [7, 11) is -0.769. The minimum absolute atomic E-state index is 0.0223. The SMILES string of the molecule is CN(C)C(=O)COC(=O)CNS(=O)(=O)c1cccc(Br)c1. The van der Waals surface area contributed by atoms with Gasteiger partial charge in [0.2, 0.25) is 10.0 Å². The molecule has 9 heteroatoms. The van der Waals surface area contributed by atoms with E-state index in [0.717, 1.165) is 0 Å². The molecule has 0 fully saturated rings. The Morgan fingerprint density at radius 3 is 2.57 bits per heavy atom. The van der Waals surface area contributed by atoms with E-state index in [4.69, 9.17) is 0 Å². The third-order valence-electron chi connectivity index (χ3n) is 2.37. The first-order valence-electron chi connectivity index (χ1n) is 5.83. The van der Waals surface area contributed by atoms with E-state index in [-0.39, 0.29) is 4.90 Å². The molecule has 1 amide bonds. The fraction of sp³-hybridized carbons (Fsp3) is 0.333. The number of hydrogen-bond donors (Lipinski definition) is 1. The van der Waals surface area contributed by atoms with Gasteiger partial charge in [0.1, 0.15) is 6.54 Å². The quantitative estimate of drug-likeness (QED) is 0.721. The molecule has 0 saturated heterocycles. The summed E-state index contributed by atoms with van der Waals surface area (Å²) in [5, 5.41) is 0. The zero-order chi connectivity index (χ0) is 16.0. The number of likely N-dealkylation sites (N-methyl/N-ethyl adjacent to an activating group) is 1. The molecule has 0 aliphatic carbocycles. The van der Waals surface area contributed by atoms with Crippen LogP contribution < -0.4 is 4.72 Å². The number of ether oxygens (including phenoxy) is 1. The minimum Gasteiger partial charge on any atom is -0.455 e. The van der Waals surface area contributed by atoms with Gasteiger partial charge >= 0.3 is 5.97 Å². The molecule has 0 aromatic heterocycles. The van der Waals surface area contributed by atoms with Gasteiger partial charge in [-0.1, -0.05) is 22.0 Å². The molecular formula is C12H15BrN2O5S. The van der Waals surface area contributed by atoms with E-state index < -0.39 is 35.1 Å². The van der Waals surface area contributed by atoms with Gasteiger partial charge in [0.25, 0.3) is 5.91 Å². The second-order valence-electron chi connectivity index (χ2n) is 4.23. The summed E-state index contributed by atoms with van der Waals surface area (Å²) >= 11 is 3.16. The van der Waals surface area contributed by atoms with Crippen molar-refractivity contribution >= 4 is 37.8 Å². The van der Waals surface area contributed by atoms with Gasteiger partial charge in [0.05, 0.1) is 4.90 Å². The second-order valence-corrected chi connectivity index (χ2v) is 6.91. The predicted octanol–water partition coefficient (Wildman–Crippen LogP) is 0.359. The molecule has 0 atom stereocenters. The van der Waals surface area contributed by atoms with Crippen molar-refractivity contribution in [3.63, 3.8) is 0 Å². The highest BCUT2D eigenvalue weighted by Crippen LogP contribution is 2.15. The number of benzene rings is 1. The summed E-state index contributed by atoms with van der Waals surface area (Å²) in [4.78, 5) is 23.9. The standard InChI is InChI=1S/C12H15BrN2O5S/c1-15(2)11(16)8-20-12(17)7-14-21(18,19)10-5-3-4-9(13)6-10/h3-6,14H,7-8H2,1-2H3. The van der Waals surface area contributed by atoms with E-state index in [1.165, 1.54) is 31.1 Å². The van der Waals surface area contributed by atoms with Gasteiger partial charge in [-0.15, -0.1) is 0 Å². The molecule has 1 rings (SSSR count). The highest BCUT2D eigenvalue weighted by molar-refractivity contribution is 9.10. The van der Waals surface area contributed by atoms with E-state index in [9.17, 15) is 18.0 Å². The molecule has 0 bridgehead atoms. The van der Waals surface area contributed by atoms with Gasteiger partial charge < -0.3 is 9.64 Å². The van der Waals surface area contributed by atoms with Crippen LogP contribution in [0.5, 0.6) is 0 Å². The zero-order valence-corrected chi connectivity index (χ0v) is 13.9. The molecule has 0 aliphatic rings. The molecule has 0 spiro atoms. The van der Waals surface area contributed by atoms with Crippen LogP contribution in [-0.2, 0) is 24.3 Å². The fourth-order valence-corrected chi connectivity index (χ4v) is 2.76. The first-order valence-corrected chi connectivity index (χ1v) is 8.11. The van der Waals surface area contributed by atoms with E-state index >= 15 is 0 Å². The number of esters is 1. The summed E-state index contributed by atoms with van der Waals surface area (Å²) < 4.78 is 31.2. The van der Waals surface area contributed by atoms with E-state index in [0.29, 0.717) is 4.47 Å². The minimum atomic E-state index is -3.81. The summed E-state index contributed by atoms with van der Waals surface area (Å²) in [6, 6.07) is 6.05. The zero-order valence-electron chi connectivity index (χ0n) is 11.5. The molecule has 1 aromatic carbocycles. The Bertz CT molecular complexity index is 630. The first-order chi connectivity index (χ1) is 9.72. The van der Waals surface area contributed by atoms with Crippen molar-refractivity contribution in [1.82, 2.24) is 9.62 Å². The Morgan fingerprint density at radius 1 is 1.33 bits per heavy atom. The summed E-state index contributed by atoms with van der Waals surface area (Å²) in [6.45, 7) is -0.972. The van der Waals surface area contributed by atoms with Crippen molar-refractivity contribution in [3.8, 4) is 0 Å². The number of nitrogens with one attached hydrogen (secondary N) is 1. The van der Waals surface area contributed by atoms with Gasteiger partial charge in [-0.05, 0) is 18.2 Å². The number of amides is 1. The largest absolute Gasteiger partial charge is 0.455 e. The molecule has 0 radical (unpaired) electrons. The van der Waals surface area contributed by atoms with Crippen LogP contribution in [-0.4, -0.2) is 52.4 Å². The van der Waals surface area contributed by atoms with E-state index in [1.807, 2.05) is 0 Å². The third kappa shape index (κ3) is 5.82. The number of sulfonamides is 1. The highest BCUT2D eigenvalue weighted by Gasteiger charge is 2.17. The van der Waals surface area contributed by atoms with Crippen LogP contribution in [0.25, 0.3) is 0 Å². The van der Waals surface area contributed by atoms with Crippen LogP contribution in [0.4, 0.5) is 0 Å². The molecule has 7 nitrogen and oxygen atoms in total. The van der Waals surface area contributed by atoms with Crippen LogP contribution in [0.15, 0.2) is 33.6 Å². The lowest BCUT2D eigenvalue weighted by molar-refractivity contribution is -0.149. The number of carbonyl (C=O) groups excluding carboxylic acids is 2. The monoisotopic (exact) mass is 378 g/mol. The molecule has 0 aliphatic heterocycles. The fourth-order valence-electron chi connectivity index (χ4n) is 1.19. The van der Waals surface area contributed by atoms with Crippen LogP contribution >= 0.6 is 15.9 Å². The Hall–Kier alpha value is -1.45. The van der Waals surface area contributed by atoms with Crippen LogP contribution in [0.1, 0.15) is 0 Å². The van der Waals surface area contributed by atoms with Crippen LogP contribution in [0.3, 0.4) is 0 Å². The van der Waals surface area contributed by atoms with E-state index in [2.05, 4.69) is 25.4 Å². The van der Waals surface area contributed by atoms with Gasteiger partial charge in [0, 0.05) is 18.6 Å². The topological polar surface area (TPSA) is 92.8 Å². The molecule has 0 unspecified atom stereocenters. The van der Waals surface area contributed by atoms with Gasteiger partial charge in [-0.25, -0.2) is 8.42 Å². The lowest BCUT2D eigenvalue weighted by Gasteiger charge is -2.11. The maximum Gasteiger partial charge on any atom is 0.321 e. The highest BCUT2D eigenvalue weighted by atomic mass is 79.9. The number of carbonyl (C=O) groups is 2. The molecule has 1 aromatic rings. The lowest BCUT2D eigenvalue weighted by Crippen LogP contribution is -2.33. The smallest absolute Gasteiger partial charge is 0.321 e. The van der Waals surface area contributed by atoms with Gasteiger partial charge in [-0.2, -0.15) is 4.72 Å². The Morgan fingerprint density at radius 2 is 2.00 bits per heavy atom. The van der Waals surface area contributed by atoms with Crippen molar-refractivity contribution in [2.24, 2.45) is 0 Å². The maximum absolute atomic E-state index is 11.9. The molecular weight excluding hydrogens is 364 g/mol. The molecule has 116 valence electrons. The second kappa shape index (κ2) is 7.53. The summed E-state index contributed by atoms with van der Waals surface area (Å²) in [5.74, 6) is -1.22. The van der Waals surface area contributed by atoms with Crippen molar-refractivity contribution in [2.75, 3.05) is 27.2 Å². The molecule has 0 saturated carbocycles. The summed E-state index contributed by atoms with van der Waals surface area (Å²) in [5.41, 5.74) is 0. The van der Waals surface area contributed by atoms with Crippen LogP contribution in [0, 0.1) is 0 Å². The predicted molar refractivity (Wildman–Crippen MR) is 79.0 cm³/mol. The Labute approximate surface area is 131 Å². The normalized spacial score (nSPS) is 11.0. The molecule has 1 N–H and O–H groups in total. The lowest BCUT2D eigenvalue weighted by atomic mass is 10.4. The number of halogens is 1. The van der Waals surface area contributed by atoms with E-state index in [1.54, 1.807) is 12.1 Å². The average Bonchev–Trinajstić information content (AvgIpc) is 2.42. The van der Waals surface area contributed by atoms with Crippen molar-refractivity contribution in [2.45, 2.75) is 4.90 Å². The molecule has 0 heterocycles. The third-order valence-corrected chi connectivity index (χ3v) is 4.26.